The van der Waals surface area contributed by atoms with Crippen molar-refractivity contribution < 1.29 is 14.3 Å². The highest BCUT2D eigenvalue weighted by atomic mass is 16.6. The lowest BCUT2D eigenvalue weighted by Gasteiger charge is -2.26. The van der Waals surface area contributed by atoms with E-state index in [1.807, 2.05) is 48.5 Å². The van der Waals surface area contributed by atoms with Crippen molar-refractivity contribution in [2.45, 2.75) is 65.8 Å². The summed E-state index contributed by atoms with van der Waals surface area (Å²) in [6.07, 6.45) is -0.440. The van der Waals surface area contributed by atoms with Gasteiger partial charge in [-0.05, 0) is 48.5 Å². The number of hydrogen-bond acceptors (Lipinski definition) is 3. The van der Waals surface area contributed by atoms with Crippen molar-refractivity contribution in [3.63, 3.8) is 0 Å². The van der Waals surface area contributed by atoms with Crippen molar-refractivity contribution >= 4 is 6.09 Å². The fraction of sp³-hybridized carbons (Fsp3) is 0.917. The van der Waals surface area contributed by atoms with Gasteiger partial charge in [-0.2, -0.15) is 0 Å². The fourth-order valence-electron chi connectivity index (χ4n) is 1.19. The Morgan fingerprint density at radius 2 is 1.62 bits per heavy atom. The van der Waals surface area contributed by atoms with Crippen LogP contribution in [0.1, 0.15) is 48.5 Å². The van der Waals surface area contributed by atoms with E-state index >= 15 is 0 Å². The zero-order chi connectivity index (χ0) is 13.0. The molecule has 0 saturated heterocycles. The van der Waals surface area contributed by atoms with Crippen molar-refractivity contribution in [2.24, 2.45) is 0 Å². The summed E-state index contributed by atoms with van der Waals surface area (Å²) >= 11 is 0. The largest absolute Gasteiger partial charge is 0.444 e. The first-order chi connectivity index (χ1) is 6.99. The second kappa shape index (κ2) is 5.53. The summed E-state index contributed by atoms with van der Waals surface area (Å²) in [5.74, 6) is 0. The summed E-state index contributed by atoms with van der Waals surface area (Å²) < 4.78 is 10.8. The maximum Gasteiger partial charge on any atom is 0.407 e. The fourth-order valence-corrected chi connectivity index (χ4v) is 1.19. The van der Waals surface area contributed by atoms with Gasteiger partial charge in [0.25, 0.3) is 0 Å². The minimum atomic E-state index is -0.460. The average Bonchev–Trinajstić information content (AvgIpc) is 1.94. The van der Waals surface area contributed by atoms with E-state index in [1.54, 1.807) is 0 Å². The third-order valence-corrected chi connectivity index (χ3v) is 1.49. The van der Waals surface area contributed by atoms with E-state index in [4.69, 9.17) is 9.47 Å². The standard InChI is InChI=1S/C12H25NO3/c1-9(15-11(2,3)4)8-13-10(14)16-12(5,6)7/h9H,8H2,1-7H3,(H,13,14)/t9-/m1/s1. The van der Waals surface area contributed by atoms with Crippen LogP contribution in [-0.4, -0.2) is 29.9 Å². The highest BCUT2D eigenvalue weighted by Gasteiger charge is 2.18. The van der Waals surface area contributed by atoms with Crippen molar-refractivity contribution in [3.8, 4) is 0 Å². The molecular formula is C12H25NO3. The Kier molecular flexibility index (Phi) is 5.26. The molecule has 4 heteroatoms. The van der Waals surface area contributed by atoms with Gasteiger partial charge in [0, 0.05) is 6.54 Å². The molecule has 0 bridgehead atoms. The maximum absolute atomic E-state index is 11.3. The molecule has 0 heterocycles. The number of rotatable bonds is 3. The van der Waals surface area contributed by atoms with Gasteiger partial charge in [0.2, 0.25) is 0 Å². The Bertz CT molecular complexity index is 225. The first kappa shape index (κ1) is 15.2. The highest BCUT2D eigenvalue weighted by Crippen LogP contribution is 2.10. The van der Waals surface area contributed by atoms with Gasteiger partial charge in [0.1, 0.15) is 5.60 Å². The molecule has 0 rings (SSSR count). The van der Waals surface area contributed by atoms with Crippen LogP contribution < -0.4 is 5.32 Å². The molecule has 0 aliphatic heterocycles. The van der Waals surface area contributed by atoms with Crippen LogP contribution in [0.25, 0.3) is 0 Å². The summed E-state index contributed by atoms with van der Waals surface area (Å²) in [5, 5.41) is 2.68. The van der Waals surface area contributed by atoms with E-state index in [0.29, 0.717) is 6.54 Å². The second-order valence-corrected chi connectivity index (χ2v) is 5.92. The van der Waals surface area contributed by atoms with Gasteiger partial charge < -0.3 is 14.8 Å². The summed E-state index contributed by atoms with van der Waals surface area (Å²) in [6, 6.07) is 0. The zero-order valence-corrected chi connectivity index (χ0v) is 11.5. The summed E-state index contributed by atoms with van der Waals surface area (Å²) in [6.45, 7) is 13.8. The summed E-state index contributed by atoms with van der Waals surface area (Å²) in [4.78, 5) is 11.3. The van der Waals surface area contributed by atoms with Gasteiger partial charge in [0.05, 0.1) is 11.7 Å². The van der Waals surface area contributed by atoms with Crippen molar-refractivity contribution in [2.75, 3.05) is 6.54 Å². The molecular weight excluding hydrogens is 206 g/mol. The number of amides is 1. The smallest absolute Gasteiger partial charge is 0.407 e. The molecule has 0 spiro atoms. The first-order valence-corrected chi connectivity index (χ1v) is 5.64. The summed E-state index contributed by atoms with van der Waals surface area (Å²) in [7, 11) is 0. The Hall–Kier alpha value is -0.770. The van der Waals surface area contributed by atoms with Crippen LogP contribution in [0.5, 0.6) is 0 Å². The van der Waals surface area contributed by atoms with Crippen LogP contribution in [0.15, 0.2) is 0 Å². The predicted octanol–water partition coefficient (Wildman–Crippen LogP) is 2.71. The SMILES string of the molecule is C[C@H](CNC(=O)OC(C)(C)C)OC(C)(C)C. The van der Waals surface area contributed by atoms with Crippen LogP contribution in [0.3, 0.4) is 0 Å². The van der Waals surface area contributed by atoms with Gasteiger partial charge in [-0.1, -0.05) is 0 Å². The molecule has 1 amide bonds. The Labute approximate surface area is 98.7 Å². The third kappa shape index (κ3) is 9.77. The molecule has 96 valence electrons. The van der Waals surface area contributed by atoms with Gasteiger partial charge >= 0.3 is 6.09 Å². The van der Waals surface area contributed by atoms with Crippen LogP contribution in [0, 0.1) is 0 Å². The number of carbonyl (C=O) groups excluding carboxylic acids is 1. The summed E-state index contributed by atoms with van der Waals surface area (Å²) in [5.41, 5.74) is -0.659. The van der Waals surface area contributed by atoms with E-state index in [2.05, 4.69) is 5.32 Å². The molecule has 1 atom stereocenters. The van der Waals surface area contributed by atoms with Crippen LogP contribution in [-0.2, 0) is 9.47 Å². The van der Waals surface area contributed by atoms with Crippen molar-refractivity contribution in [1.29, 1.82) is 0 Å². The van der Waals surface area contributed by atoms with Crippen molar-refractivity contribution in [3.05, 3.63) is 0 Å². The molecule has 0 unspecified atom stereocenters. The van der Waals surface area contributed by atoms with Crippen LogP contribution >= 0.6 is 0 Å². The minimum absolute atomic E-state index is 0.0347. The molecule has 0 radical (unpaired) electrons. The monoisotopic (exact) mass is 231 g/mol. The first-order valence-electron chi connectivity index (χ1n) is 5.64. The van der Waals surface area contributed by atoms with Crippen LogP contribution in [0.4, 0.5) is 4.79 Å². The molecule has 0 aromatic carbocycles. The van der Waals surface area contributed by atoms with E-state index in [9.17, 15) is 4.79 Å². The quantitative estimate of drug-likeness (QED) is 0.812. The molecule has 16 heavy (non-hydrogen) atoms. The number of alkyl carbamates (subject to hydrolysis) is 1. The topological polar surface area (TPSA) is 47.6 Å². The maximum atomic E-state index is 11.3. The Morgan fingerprint density at radius 3 is 2.00 bits per heavy atom. The minimum Gasteiger partial charge on any atom is -0.444 e. The van der Waals surface area contributed by atoms with E-state index in [0.717, 1.165) is 0 Å². The lowest BCUT2D eigenvalue weighted by molar-refractivity contribution is -0.0506. The van der Waals surface area contributed by atoms with E-state index < -0.39 is 11.7 Å². The molecule has 0 aliphatic rings. The van der Waals surface area contributed by atoms with Gasteiger partial charge in [-0.3, -0.25) is 0 Å². The van der Waals surface area contributed by atoms with Gasteiger partial charge in [-0.15, -0.1) is 0 Å². The lowest BCUT2D eigenvalue weighted by atomic mass is 10.2. The highest BCUT2D eigenvalue weighted by molar-refractivity contribution is 5.67. The Balaban J connectivity index is 3.85. The Morgan fingerprint density at radius 1 is 1.12 bits per heavy atom. The van der Waals surface area contributed by atoms with Gasteiger partial charge in [-0.25, -0.2) is 4.79 Å². The normalized spacial score (nSPS) is 14.4. The number of ether oxygens (including phenoxy) is 2. The predicted molar refractivity (Wildman–Crippen MR) is 64.5 cm³/mol. The van der Waals surface area contributed by atoms with E-state index in [1.165, 1.54) is 0 Å². The molecule has 0 aliphatic carbocycles. The average molecular weight is 231 g/mol. The second-order valence-electron chi connectivity index (χ2n) is 5.92. The molecule has 0 saturated carbocycles. The molecule has 0 aromatic rings. The third-order valence-electron chi connectivity index (χ3n) is 1.49. The molecule has 1 N–H and O–H groups in total. The van der Waals surface area contributed by atoms with Crippen molar-refractivity contribution in [1.82, 2.24) is 5.32 Å². The van der Waals surface area contributed by atoms with Gasteiger partial charge in [0.15, 0.2) is 0 Å². The van der Waals surface area contributed by atoms with E-state index in [-0.39, 0.29) is 11.7 Å². The number of nitrogens with one attached hydrogen (secondary N) is 1. The molecule has 4 nitrogen and oxygen atoms in total. The number of hydrogen-bond donors (Lipinski definition) is 1. The zero-order valence-electron chi connectivity index (χ0n) is 11.5. The molecule has 0 fully saturated rings. The lowest BCUT2D eigenvalue weighted by Crippen LogP contribution is -2.39. The number of carbonyl (C=O) groups is 1. The van der Waals surface area contributed by atoms with Crippen LogP contribution in [0.2, 0.25) is 0 Å². The molecule has 0 aromatic heterocycles.